The first-order chi connectivity index (χ1) is 9.47. The zero-order valence-electron chi connectivity index (χ0n) is 10.1. The van der Waals surface area contributed by atoms with Gasteiger partial charge in [0.25, 0.3) is 12.3 Å². The van der Waals surface area contributed by atoms with Crippen LogP contribution in [0.1, 0.15) is 10.5 Å². The number of nitrogens with one attached hydrogen (secondary N) is 1. The van der Waals surface area contributed by atoms with Crippen molar-refractivity contribution in [2.75, 3.05) is 5.32 Å². The van der Waals surface area contributed by atoms with Gasteiger partial charge in [-0.15, -0.1) is 0 Å². The van der Waals surface area contributed by atoms with Gasteiger partial charge in [-0.25, -0.2) is 8.78 Å². The Hall–Kier alpha value is -1.15. The Morgan fingerprint density at radius 2 is 2.15 bits per heavy atom. The lowest BCUT2D eigenvalue weighted by atomic mass is 10.3. The number of anilines is 1. The van der Waals surface area contributed by atoms with Crippen molar-refractivity contribution in [1.82, 2.24) is 4.57 Å². The number of benzene rings is 1. The molecule has 1 aromatic carbocycles. The number of hydrogen-bond donors (Lipinski definition) is 1. The molecule has 0 aliphatic carbocycles. The Kier molecular flexibility index (Phi) is 4.98. The molecule has 0 fully saturated rings. The zero-order chi connectivity index (χ0) is 14.7. The predicted octanol–water partition coefficient (Wildman–Crippen LogP) is 4.26. The minimum atomic E-state index is -2.52. The number of carbonyl (C=O) groups excluding carboxylic acids is 1. The first-order valence-electron chi connectivity index (χ1n) is 5.67. The molecule has 2 rings (SSSR count). The van der Waals surface area contributed by atoms with E-state index in [0.29, 0.717) is 10.7 Å². The molecule has 0 spiro atoms. The van der Waals surface area contributed by atoms with Crippen molar-refractivity contribution in [2.24, 2.45) is 0 Å². The van der Waals surface area contributed by atoms with Gasteiger partial charge >= 0.3 is 0 Å². The molecule has 0 saturated carbocycles. The van der Waals surface area contributed by atoms with Gasteiger partial charge in [0.2, 0.25) is 0 Å². The Bertz CT molecular complexity index is 631. The SMILES string of the molecule is O=C(Nc1ccc(I)cc1Cl)c1cccn1CC(F)F. The maximum atomic E-state index is 12.4. The number of amides is 1. The maximum Gasteiger partial charge on any atom is 0.272 e. The van der Waals surface area contributed by atoms with Crippen molar-refractivity contribution < 1.29 is 13.6 Å². The molecule has 0 saturated heterocycles. The number of rotatable bonds is 4. The van der Waals surface area contributed by atoms with E-state index in [1.807, 2.05) is 0 Å². The minimum absolute atomic E-state index is 0.167. The normalized spacial score (nSPS) is 10.8. The summed E-state index contributed by atoms with van der Waals surface area (Å²) in [5, 5.41) is 3.01. The second-order valence-corrected chi connectivity index (χ2v) is 5.67. The highest BCUT2D eigenvalue weighted by Crippen LogP contribution is 2.24. The molecule has 1 N–H and O–H groups in total. The predicted molar refractivity (Wildman–Crippen MR) is 82.6 cm³/mol. The van der Waals surface area contributed by atoms with Crippen LogP contribution in [0.5, 0.6) is 0 Å². The Morgan fingerprint density at radius 1 is 1.40 bits per heavy atom. The molecule has 0 unspecified atom stereocenters. The van der Waals surface area contributed by atoms with E-state index in [1.54, 1.807) is 24.3 Å². The standard InChI is InChI=1S/C13H10ClF2IN2O/c14-9-6-8(17)3-4-10(9)18-13(20)11-2-1-5-19(11)7-12(15)16/h1-6,12H,7H2,(H,18,20). The topological polar surface area (TPSA) is 34.0 Å². The first kappa shape index (κ1) is 15.2. The van der Waals surface area contributed by atoms with Gasteiger partial charge in [0.15, 0.2) is 0 Å². The Labute approximate surface area is 133 Å². The molecule has 106 valence electrons. The molecule has 1 amide bonds. The molecule has 20 heavy (non-hydrogen) atoms. The van der Waals surface area contributed by atoms with Crippen LogP contribution in [0.25, 0.3) is 0 Å². The van der Waals surface area contributed by atoms with Crippen LogP contribution in [-0.2, 0) is 6.54 Å². The van der Waals surface area contributed by atoms with Crippen LogP contribution in [0, 0.1) is 3.57 Å². The van der Waals surface area contributed by atoms with Crippen LogP contribution >= 0.6 is 34.2 Å². The summed E-state index contributed by atoms with van der Waals surface area (Å²) in [6.07, 6.45) is -1.08. The maximum absolute atomic E-state index is 12.4. The van der Waals surface area contributed by atoms with E-state index in [1.165, 1.54) is 16.8 Å². The molecule has 3 nitrogen and oxygen atoms in total. The third-order valence-electron chi connectivity index (χ3n) is 2.58. The number of halogens is 4. The first-order valence-corrected chi connectivity index (χ1v) is 7.12. The summed E-state index contributed by atoms with van der Waals surface area (Å²) in [4.78, 5) is 12.1. The quantitative estimate of drug-likeness (QED) is 0.751. The van der Waals surface area contributed by atoms with E-state index in [-0.39, 0.29) is 5.69 Å². The third kappa shape index (κ3) is 3.69. The van der Waals surface area contributed by atoms with Gasteiger partial charge in [0.1, 0.15) is 5.69 Å². The summed E-state index contributed by atoms with van der Waals surface area (Å²) >= 11 is 8.11. The molecular formula is C13H10ClF2IN2O. The van der Waals surface area contributed by atoms with E-state index in [2.05, 4.69) is 27.9 Å². The van der Waals surface area contributed by atoms with Gasteiger partial charge in [-0.05, 0) is 52.9 Å². The van der Waals surface area contributed by atoms with Crippen molar-refractivity contribution in [1.29, 1.82) is 0 Å². The Balaban J connectivity index is 2.18. The molecule has 7 heteroatoms. The molecule has 0 aliphatic rings. The molecule has 0 atom stereocenters. The fourth-order valence-electron chi connectivity index (χ4n) is 1.71. The lowest BCUT2D eigenvalue weighted by Crippen LogP contribution is -2.19. The fourth-order valence-corrected chi connectivity index (χ4v) is 2.61. The van der Waals surface area contributed by atoms with Gasteiger partial charge in [0, 0.05) is 9.77 Å². The molecule has 0 bridgehead atoms. The van der Waals surface area contributed by atoms with Crippen LogP contribution in [0.15, 0.2) is 36.5 Å². The summed E-state index contributed by atoms with van der Waals surface area (Å²) in [6.45, 7) is -0.518. The van der Waals surface area contributed by atoms with Crippen LogP contribution < -0.4 is 5.32 Å². The van der Waals surface area contributed by atoms with E-state index < -0.39 is 18.9 Å². The van der Waals surface area contributed by atoms with Crippen LogP contribution in [0.3, 0.4) is 0 Å². The number of carbonyl (C=O) groups is 1. The monoisotopic (exact) mass is 410 g/mol. The third-order valence-corrected chi connectivity index (χ3v) is 3.56. The van der Waals surface area contributed by atoms with E-state index >= 15 is 0 Å². The fraction of sp³-hybridized carbons (Fsp3) is 0.154. The van der Waals surface area contributed by atoms with E-state index in [9.17, 15) is 13.6 Å². The van der Waals surface area contributed by atoms with Gasteiger partial charge in [0.05, 0.1) is 17.3 Å². The summed E-state index contributed by atoms with van der Waals surface area (Å²) in [6, 6.07) is 8.20. The zero-order valence-corrected chi connectivity index (χ0v) is 13.0. The summed E-state index contributed by atoms with van der Waals surface area (Å²) in [5.74, 6) is -0.473. The average molecular weight is 411 g/mol. The minimum Gasteiger partial charge on any atom is -0.338 e. The second kappa shape index (κ2) is 6.53. The van der Waals surface area contributed by atoms with Gasteiger partial charge in [-0.1, -0.05) is 11.6 Å². The van der Waals surface area contributed by atoms with Crippen LogP contribution in [-0.4, -0.2) is 16.9 Å². The molecule has 1 heterocycles. The lowest BCUT2D eigenvalue weighted by molar-refractivity contribution is 0.0998. The summed E-state index contributed by atoms with van der Waals surface area (Å²) in [5.41, 5.74) is 0.613. The van der Waals surface area contributed by atoms with Gasteiger partial charge in [-0.3, -0.25) is 4.79 Å². The highest BCUT2D eigenvalue weighted by atomic mass is 127. The van der Waals surface area contributed by atoms with Crippen molar-refractivity contribution in [3.63, 3.8) is 0 Å². The average Bonchev–Trinajstić information content (AvgIpc) is 2.80. The number of aromatic nitrogens is 1. The molecule has 2 aromatic rings. The van der Waals surface area contributed by atoms with E-state index in [4.69, 9.17) is 11.6 Å². The largest absolute Gasteiger partial charge is 0.338 e. The van der Waals surface area contributed by atoms with Crippen LogP contribution in [0.4, 0.5) is 14.5 Å². The van der Waals surface area contributed by atoms with Crippen molar-refractivity contribution in [3.8, 4) is 0 Å². The molecule has 0 aliphatic heterocycles. The van der Waals surface area contributed by atoms with Crippen molar-refractivity contribution in [3.05, 3.63) is 50.8 Å². The number of nitrogens with zero attached hydrogens (tertiary/aromatic N) is 1. The number of alkyl halides is 2. The van der Waals surface area contributed by atoms with Crippen LogP contribution in [0.2, 0.25) is 5.02 Å². The van der Waals surface area contributed by atoms with Gasteiger partial charge < -0.3 is 9.88 Å². The highest BCUT2D eigenvalue weighted by molar-refractivity contribution is 14.1. The summed E-state index contributed by atoms with van der Waals surface area (Å²) < 4.78 is 27.0. The summed E-state index contributed by atoms with van der Waals surface area (Å²) in [7, 11) is 0. The lowest BCUT2D eigenvalue weighted by Gasteiger charge is -2.10. The van der Waals surface area contributed by atoms with Crippen molar-refractivity contribution in [2.45, 2.75) is 13.0 Å². The second-order valence-electron chi connectivity index (χ2n) is 4.02. The number of hydrogen-bond acceptors (Lipinski definition) is 1. The van der Waals surface area contributed by atoms with Gasteiger partial charge in [-0.2, -0.15) is 0 Å². The molecular weight excluding hydrogens is 401 g/mol. The Morgan fingerprint density at radius 3 is 2.80 bits per heavy atom. The molecule has 1 aromatic heterocycles. The van der Waals surface area contributed by atoms with E-state index in [0.717, 1.165) is 3.57 Å². The highest BCUT2D eigenvalue weighted by Gasteiger charge is 2.15. The molecule has 0 radical (unpaired) electrons. The smallest absolute Gasteiger partial charge is 0.272 e. The van der Waals surface area contributed by atoms with Crippen molar-refractivity contribution >= 4 is 45.8 Å².